The van der Waals surface area contributed by atoms with Crippen LogP contribution in [0.5, 0.6) is 5.75 Å². The van der Waals surface area contributed by atoms with E-state index in [1.807, 2.05) is 0 Å². The van der Waals surface area contributed by atoms with Gasteiger partial charge in [0, 0.05) is 32.7 Å². The molecule has 0 spiro atoms. The lowest BCUT2D eigenvalue weighted by atomic mass is 9.49. The van der Waals surface area contributed by atoms with Crippen molar-refractivity contribution in [2.75, 3.05) is 39.3 Å². The molecule has 0 N–H and O–H groups in total. The topological polar surface area (TPSA) is 32.8 Å². The van der Waals surface area contributed by atoms with E-state index in [4.69, 9.17) is 4.74 Å². The molecule has 4 aliphatic carbocycles. The van der Waals surface area contributed by atoms with Gasteiger partial charge in [0.25, 0.3) is 0 Å². The molecule has 152 valence electrons. The summed E-state index contributed by atoms with van der Waals surface area (Å²) in [6.45, 7) is 4.66. The Morgan fingerprint density at radius 2 is 1.61 bits per heavy atom. The first kappa shape index (κ1) is 18.4. The summed E-state index contributed by atoms with van der Waals surface area (Å²) < 4.78 is 19.2. The van der Waals surface area contributed by atoms with E-state index in [2.05, 4.69) is 9.80 Å². The van der Waals surface area contributed by atoms with Crippen LogP contribution in [0.15, 0.2) is 24.3 Å². The number of amides is 1. The largest absolute Gasteiger partial charge is 0.489 e. The zero-order valence-electron chi connectivity index (χ0n) is 16.6. The molecule has 0 radical (unpaired) electrons. The number of carbonyl (C=O) groups is 1. The molecule has 1 heterocycles. The van der Waals surface area contributed by atoms with Gasteiger partial charge in [0.1, 0.15) is 6.61 Å². The normalized spacial score (nSPS) is 34.6. The van der Waals surface area contributed by atoms with Gasteiger partial charge in [-0.05, 0) is 68.4 Å². The summed E-state index contributed by atoms with van der Waals surface area (Å²) in [5.41, 5.74) is -0.0229. The first-order valence-electron chi connectivity index (χ1n) is 11.0. The number of rotatable bonds is 5. The summed E-state index contributed by atoms with van der Waals surface area (Å²) in [5, 5.41) is 0. The molecular weight excluding hydrogens is 355 g/mol. The fourth-order valence-corrected chi connectivity index (χ4v) is 6.73. The minimum Gasteiger partial charge on any atom is -0.489 e. The summed E-state index contributed by atoms with van der Waals surface area (Å²) in [4.78, 5) is 17.9. The van der Waals surface area contributed by atoms with Gasteiger partial charge in [-0.25, -0.2) is 4.39 Å². The van der Waals surface area contributed by atoms with E-state index in [0.29, 0.717) is 18.3 Å². The van der Waals surface area contributed by atoms with Gasteiger partial charge >= 0.3 is 0 Å². The highest BCUT2D eigenvalue weighted by Crippen LogP contribution is 2.60. The van der Waals surface area contributed by atoms with Crippen LogP contribution in [0, 0.1) is 29.0 Å². The lowest BCUT2D eigenvalue weighted by Gasteiger charge is -2.57. The van der Waals surface area contributed by atoms with Crippen molar-refractivity contribution in [3.05, 3.63) is 30.1 Å². The van der Waals surface area contributed by atoms with Crippen LogP contribution in [0.25, 0.3) is 0 Å². The number of carbonyl (C=O) groups excluding carboxylic acids is 1. The number of halogens is 1. The first-order valence-corrected chi connectivity index (χ1v) is 11.0. The van der Waals surface area contributed by atoms with Gasteiger partial charge in [0.2, 0.25) is 5.91 Å². The predicted octanol–water partition coefficient (Wildman–Crippen LogP) is 3.57. The minimum atomic E-state index is -0.312. The molecule has 1 saturated heterocycles. The third-order valence-corrected chi connectivity index (χ3v) is 7.65. The average Bonchev–Trinajstić information content (AvgIpc) is 2.68. The van der Waals surface area contributed by atoms with Gasteiger partial charge in [-0.3, -0.25) is 9.69 Å². The lowest BCUT2D eigenvalue weighted by Crippen LogP contribution is -2.58. The summed E-state index contributed by atoms with van der Waals surface area (Å²) in [6.07, 6.45) is 7.57. The third kappa shape index (κ3) is 3.42. The molecule has 4 nitrogen and oxygen atoms in total. The van der Waals surface area contributed by atoms with Crippen LogP contribution < -0.4 is 4.74 Å². The molecule has 0 aromatic heterocycles. The van der Waals surface area contributed by atoms with E-state index in [9.17, 15) is 9.18 Å². The van der Waals surface area contributed by atoms with Crippen molar-refractivity contribution in [2.45, 2.75) is 38.5 Å². The second-order valence-electron chi connectivity index (χ2n) is 9.61. The molecule has 1 aliphatic heterocycles. The van der Waals surface area contributed by atoms with E-state index in [-0.39, 0.29) is 11.2 Å². The molecule has 4 bridgehead atoms. The molecule has 5 fully saturated rings. The quantitative estimate of drug-likeness (QED) is 0.776. The van der Waals surface area contributed by atoms with Crippen molar-refractivity contribution >= 4 is 5.91 Å². The van der Waals surface area contributed by atoms with Gasteiger partial charge in [-0.2, -0.15) is 0 Å². The van der Waals surface area contributed by atoms with Gasteiger partial charge in [-0.15, -0.1) is 0 Å². The number of ether oxygens (including phenoxy) is 1. The molecule has 1 aromatic carbocycles. The Balaban J connectivity index is 1.11. The molecule has 5 aliphatic rings. The average molecular weight is 387 g/mol. The molecular formula is C23H31FN2O2. The number of nitrogens with zero attached hydrogens (tertiary/aromatic N) is 2. The number of piperazine rings is 1. The van der Waals surface area contributed by atoms with Crippen LogP contribution in [-0.4, -0.2) is 55.0 Å². The van der Waals surface area contributed by atoms with Crippen molar-refractivity contribution < 1.29 is 13.9 Å². The molecule has 28 heavy (non-hydrogen) atoms. The SMILES string of the molecule is O=C(N1CCN(CCOc2ccccc2F)CC1)C12CC3CC(CC(C3)C1)C2. The summed E-state index contributed by atoms with van der Waals surface area (Å²) in [6, 6.07) is 6.54. The van der Waals surface area contributed by atoms with Crippen molar-refractivity contribution in [3.63, 3.8) is 0 Å². The Bertz CT molecular complexity index is 694. The maximum atomic E-state index is 13.6. The second kappa shape index (κ2) is 7.33. The van der Waals surface area contributed by atoms with Crippen LogP contribution in [0.3, 0.4) is 0 Å². The fraction of sp³-hybridized carbons (Fsp3) is 0.696. The molecule has 1 amide bonds. The molecule has 6 rings (SSSR count). The van der Waals surface area contributed by atoms with Crippen LogP contribution in [0.2, 0.25) is 0 Å². The molecule has 0 unspecified atom stereocenters. The standard InChI is InChI=1S/C23H31FN2O2/c24-20-3-1-2-4-21(20)28-10-9-25-5-7-26(8-6-25)22(27)23-14-17-11-18(15-23)13-19(12-17)16-23/h1-4,17-19H,5-16H2. The Morgan fingerprint density at radius 3 is 2.21 bits per heavy atom. The smallest absolute Gasteiger partial charge is 0.228 e. The van der Waals surface area contributed by atoms with Crippen LogP contribution >= 0.6 is 0 Å². The maximum absolute atomic E-state index is 13.6. The lowest BCUT2D eigenvalue weighted by molar-refractivity contribution is -0.159. The van der Waals surface area contributed by atoms with Gasteiger partial charge in [-0.1, -0.05) is 12.1 Å². The third-order valence-electron chi connectivity index (χ3n) is 7.65. The Labute approximate surface area is 167 Å². The van der Waals surface area contributed by atoms with Crippen molar-refractivity contribution in [2.24, 2.45) is 23.2 Å². The van der Waals surface area contributed by atoms with E-state index in [1.54, 1.807) is 18.2 Å². The highest BCUT2D eigenvalue weighted by atomic mass is 19.1. The Hall–Kier alpha value is -1.62. The zero-order chi connectivity index (χ0) is 19.1. The monoisotopic (exact) mass is 386 g/mol. The van der Waals surface area contributed by atoms with E-state index >= 15 is 0 Å². The highest BCUT2D eigenvalue weighted by molar-refractivity contribution is 5.83. The maximum Gasteiger partial charge on any atom is 0.228 e. The van der Waals surface area contributed by atoms with Crippen molar-refractivity contribution in [3.8, 4) is 5.75 Å². The summed E-state index contributed by atoms with van der Waals surface area (Å²) in [7, 11) is 0. The van der Waals surface area contributed by atoms with Gasteiger partial charge < -0.3 is 9.64 Å². The number of para-hydroxylation sites is 1. The van der Waals surface area contributed by atoms with Gasteiger partial charge in [0.15, 0.2) is 11.6 Å². The summed E-state index contributed by atoms with van der Waals surface area (Å²) >= 11 is 0. The number of hydrogen-bond donors (Lipinski definition) is 0. The molecule has 5 heteroatoms. The number of benzene rings is 1. The molecule has 0 atom stereocenters. The minimum absolute atomic E-state index is 0.0229. The molecule has 4 saturated carbocycles. The summed E-state index contributed by atoms with van der Waals surface area (Å²) in [5.74, 6) is 2.89. The number of hydrogen-bond acceptors (Lipinski definition) is 3. The second-order valence-corrected chi connectivity index (χ2v) is 9.61. The van der Waals surface area contributed by atoms with Crippen molar-refractivity contribution in [1.29, 1.82) is 0 Å². The van der Waals surface area contributed by atoms with Crippen LogP contribution in [0.1, 0.15) is 38.5 Å². The Morgan fingerprint density at radius 1 is 1.00 bits per heavy atom. The van der Waals surface area contributed by atoms with E-state index < -0.39 is 0 Å². The Kier molecular flexibility index (Phi) is 4.82. The first-order chi connectivity index (χ1) is 13.6. The zero-order valence-corrected chi connectivity index (χ0v) is 16.6. The van der Waals surface area contributed by atoms with Crippen LogP contribution in [0.4, 0.5) is 4.39 Å². The van der Waals surface area contributed by atoms with E-state index in [1.165, 1.54) is 25.3 Å². The van der Waals surface area contributed by atoms with Crippen LogP contribution in [-0.2, 0) is 4.79 Å². The van der Waals surface area contributed by atoms with E-state index in [0.717, 1.165) is 69.7 Å². The van der Waals surface area contributed by atoms with Crippen molar-refractivity contribution in [1.82, 2.24) is 9.80 Å². The molecule has 1 aromatic rings. The van der Waals surface area contributed by atoms with Gasteiger partial charge in [0.05, 0.1) is 5.41 Å². The highest BCUT2D eigenvalue weighted by Gasteiger charge is 2.55. The predicted molar refractivity (Wildman–Crippen MR) is 106 cm³/mol. The fourth-order valence-electron chi connectivity index (χ4n) is 6.73.